The lowest BCUT2D eigenvalue weighted by molar-refractivity contribution is 0.0950. The molecule has 0 bridgehead atoms. The van der Waals surface area contributed by atoms with Crippen molar-refractivity contribution in [3.05, 3.63) is 58.1 Å². The molecule has 0 aliphatic carbocycles. The lowest BCUT2D eigenvalue weighted by atomic mass is 10.1. The van der Waals surface area contributed by atoms with Crippen LogP contribution in [0.1, 0.15) is 21.5 Å². The molecule has 0 heterocycles. The first-order valence-electron chi connectivity index (χ1n) is 6.09. The molecular formula is C15H15ClN2O2. The summed E-state index contributed by atoms with van der Waals surface area (Å²) < 4.78 is 0. The van der Waals surface area contributed by atoms with Gasteiger partial charge in [0.2, 0.25) is 0 Å². The standard InChI is InChI=1S/C15H15ClN2O2/c1-9-10(3-2-4-14(9)17)8-18-15(20)12-7-11(19)5-6-13(12)16/h2-7,19H,8,17H2,1H3,(H,18,20). The fourth-order valence-electron chi connectivity index (χ4n) is 1.85. The van der Waals surface area contributed by atoms with Crippen LogP contribution in [0.15, 0.2) is 36.4 Å². The van der Waals surface area contributed by atoms with Crippen LogP contribution in [0.5, 0.6) is 5.75 Å². The summed E-state index contributed by atoms with van der Waals surface area (Å²) in [6.45, 7) is 2.25. The Hall–Kier alpha value is -2.20. The van der Waals surface area contributed by atoms with E-state index in [1.54, 1.807) is 0 Å². The molecular weight excluding hydrogens is 276 g/mol. The predicted octanol–water partition coefficient (Wildman–Crippen LogP) is 2.87. The first-order valence-corrected chi connectivity index (χ1v) is 6.47. The molecule has 1 amide bonds. The van der Waals surface area contributed by atoms with Gasteiger partial charge in [0.25, 0.3) is 5.91 Å². The van der Waals surface area contributed by atoms with Gasteiger partial charge in [-0.1, -0.05) is 23.7 Å². The van der Waals surface area contributed by atoms with Gasteiger partial charge in [-0.2, -0.15) is 0 Å². The van der Waals surface area contributed by atoms with Crippen molar-refractivity contribution < 1.29 is 9.90 Å². The molecule has 0 unspecified atom stereocenters. The second-order valence-corrected chi connectivity index (χ2v) is 4.89. The van der Waals surface area contributed by atoms with Crippen LogP contribution in [0.25, 0.3) is 0 Å². The summed E-state index contributed by atoms with van der Waals surface area (Å²) in [6.07, 6.45) is 0. The Labute approximate surface area is 122 Å². The van der Waals surface area contributed by atoms with Crippen molar-refractivity contribution in [3.8, 4) is 5.75 Å². The van der Waals surface area contributed by atoms with E-state index in [1.807, 2.05) is 25.1 Å². The zero-order valence-electron chi connectivity index (χ0n) is 11.0. The number of anilines is 1. The van der Waals surface area contributed by atoms with Crippen LogP contribution in [0.4, 0.5) is 5.69 Å². The third-order valence-corrected chi connectivity index (χ3v) is 3.45. The van der Waals surface area contributed by atoms with E-state index in [0.29, 0.717) is 17.3 Å². The highest BCUT2D eigenvalue weighted by atomic mass is 35.5. The van der Waals surface area contributed by atoms with E-state index in [0.717, 1.165) is 11.1 Å². The SMILES string of the molecule is Cc1c(N)cccc1CNC(=O)c1cc(O)ccc1Cl. The first kappa shape index (κ1) is 14.2. The van der Waals surface area contributed by atoms with Gasteiger partial charge >= 0.3 is 0 Å². The van der Waals surface area contributed by atoms with E-state index >= 15 is 0 Å². The number of phenols is 1. The van der Waals surface area contributed by atoms with Gasteiger partial charge in [-0.15, -0.1) is 0 Å². The molecule has 4 nitrogen and oxygen atoms in total. The lowest BCUT2D eigenvalue weighted by Gasteiger charge is -2.10. The minimum atomic E-state index is -0.340. The van der Waals surface area contributed by atoms with Crippen LogP contribution in [-0.4, -0.2) is 11.0 Å². The minimum absolute atomic E-state index is 0.000291. The van der Waals surface area contributed by atoms with Crippen LogP contribution >= 0.6 is 11.6 Å². The second-order valence-electron chi connectivity index (χ2n) is 4.48. The zero-order chi connectivity index (χ0) is 14.7. The number of nitrogens with one attached hydrogen (secondary N) is 1. The summed E-state index contributed by atoms with van der Waals surface area (Å²) >= 11 is 5.94. The van der Waals surface area contributed by atoms with Crippen LogP contribution in [0.3, 0.4) is 0 Å². The topological polar surface area (TPSA) is 75.3 Å². The molecule has 0 saturated carbocycles. The maximum Gasteiger partial charge on any atom is 0.253 e. The Morgan fingerprint density at radius 1 is 1.35 bits per heavy atom. The van der Waals surface area contributed by atoms with Crippen molar-refractivity contribution in [3.63, 3.8) is 0 Å². The fraction of sp³-hybridized carbons (Fsp3) is 0.133. The molecule has 2 aromatic carbocycles. The number of nitrogen functional groups attached to an aromatic ring is 1. The van der Waals surface area contributed by atoms with Crippen LogP contribution < -0.4 is 11.1 Å². The van der Waals surface area contributed by atoms with Gasteiger partial charge in [0.05, 0.1) is 10.6 Å². The van der Waals surface area contributed by atoms with E-state index in [2.05, 4.69) is 5.32 Å². The Morgan fingerprint density at radius 3 is 2.85 bits per heavy atom. The third-order valence-electron chi connectivity index (χ3n) is 3.12. The molecule has 20 heavy (non-hydrogen) atoms. The maximum atomic E-state index is 12.0. The van der Waals surface area contributed by atoms with Crippen molar-refractivity contribution in [2.45, 2.75) is 13.5 Å². The Morgan fingerprint density at radius 2 is 2.10 bits per heavy atom. The van der Waals surface area contributed by atoms with E-state index in [9.17, 15) is 9.90 Å². The summed E-state index contributed by atoms with van der Waals surface area (Å²) in [5.41, 5.74) is 8.63. The lowest BCUT2D eigenvalue weighted by Crippen LogP contribution is -2.23. The van der Waals surface area contributed by atoms with E-state index in [1.165, 1.54) is 18.2 Å². The van der Waals surface area contributed by atoms with Crippen molar-refractivity contribution in [1.29, 1.82) is 0 Å². The Balaban J connectivity index is 2.13. The third kappa shape index (κ3) is 3.03. The average Bonchev–Trinajstić information content (AvgIpc) is 2.43. The molecule has 0 atom stereocenters. The Bertz CT molecular complexity index is 656. The molecule has 2 aromatic rings. The molecule has 5 heteroatoms. The van der Waals surface area contributed by atoms with E-state index in [4.69, 9.17) is 17.3 Å². The Kier molecular flexibility index (Phi) is 4.15. The number of phenolic OH excluding ortho intramolecular Hbond substituents is 1. The van der Waals surface area contributed by atoms with Gasteiger partial charge in [0, 0.05) is 12.2 Å². The maximum absolute atomic E-state index is 12.0. The minimum Gasteiger partial charge on any atom is -0.508 e. The molecule has 104 valence electrons. The van der Waals surface area contributed by atoms with Gasteiger partial charge in [0.15, 0.2) is 0 Å². The highest BCUT2D eigenvalue weighted by Gasteiger charge is 2.11. The van der Waals surface area contributed by atoms with E-state index in [-0.39, 0.29) is 17.2 Å². The molecule has 4 N–H and O–H groups in total. The number of benzene rings is 2. The summed E-state index contributed by atoms with van der Waals surface area (Å²) in [6, 6.07) is 9.80. The second kappa shape index (κ2) is 5.84. The van der Waals surface area contributed by atoms with E-state index < -0.39 is 0 Å². The number of amides is 1. The first-order chi connectivity index (χ1) is 9.49. The van der Waals surface area contributed by atoms with Crippen molar-refractivity contribution >= 4 is 23.2 Å². The number of carbonyl (C=O) groups excluding carboxylic acids is 1. The largest absolute Gasteiger partial charge is 0.508 e. The summed E-state index contributed by atoms with van der Waals surface area (Å²) in [5.74, 6) is -0.340. The number of carbonyl (C=O) groups is 1. The van der Waals surface area contributed by atoms with Crippen LogP contribution in [0, 0.1) is 6.92 Å². The molecule has 0 spiro atoms. The molecule has 0 aliphatic heterocycles. The normalized spacial score (nSPS) is 10.3. The average molecular weight is 291 g/mol. The quantitative estimate of drug-likeness (QED) is 0.761. The summed E-state index contributed by atoms with van der Waals surface area (Å²) in [5, 5.41) is 12.5. The van der Waals surface area contributed by atoms with Gasteiger partial charge in [-0.05, 0) is 42.3 Å². The summed E-state index contributed by atoms with van der Waals surface area (Å²) in [4.78, 5) is 12.0. The van der Waals surface area contributed by atoms with Crippen molar-refractivity contribution in [2.75, 3.05) is 5.73 Å². The smallest absolute Gasteiger partial charge is 0.253 e. The van der Waals surface area contributed by atoms with Gasteiger partial charge in [-0.3, -0.25) is 4.79 Å². The number of rotatable bonds is 3. The molecule has 0 radical (unpaired) electrons. The molecule has 0 saturated heterocycles. The molecule has 0 fully saturated rings. The zero-order valence-corrected chi connectivity index (χ0v) is 11.7. The van der Waals surface area contributed by atoms with Crippen molar-refractivity contribution in [2.24, 2.45) is 0 Å². The predicted molar refractivity (Wildman–Crippen MR) is 79.9 cm³/mol. The number of aromatic hydroxyl groups is 1. The molecule has 2 rings (SSSR count). The number of hydrogen-bond acceptors (Lipinski definition) is 3. The van der Waals surface area contributed by atoms with Gasteiger partial charge < -0.3 is 16.2 Å². The monoisotopic (exact) mass is 290 g/mol. The fourth-order valence-corrected chi connectivity index (χ4v) is 2.06. The molecule has 0 aromatic heterocycles. The van der Waals surface area contributed by atoms with Gasteiger partial charge in [-0.25, -0.2) is 0 Å². The van der Waals surface area contributed by atoms with Gasteiger partial charge in [0.1, 0.15) is 5.75 Å². The highest BCUT2D eigenvalue weighted by molar-refractivity contribution is 6.33. The molecule has 0 aliphatic rings. The summed E-state index contributed by atoms with van der Waals surface area (Å²) in [7, 11) is 0. The number of nitrogens with two attached hydrogens (primary N) is 1. The number of halogens is 1. The van der Waals surface area contributed by atoms with Crippen LogP contribution in [-0.2, 0) is 6.54 Å². The van der Waals surface area contributed by atoms with Crippen molar-refractivity contribution in [1.82, 2.24) is 5.32 Å². The highest BCUT2D eigenvalue weighted by Crippen LogP contribution is 2.21. The number of hydrogen-bond donors (Lipinski definition) is 3. The van der Waals surface area contributed by atoms with Crippen LogP contribution in [0.2, 0.25) is 5.02 Å².